The molecule has 16 heavy (non-hydrogen) atoms. The summed E-state index contributed by atoms with van der Waals surface area (Å²) in [6.45, 7) is 4.53. The fourth-order valence-electron chi connectivity index (χ4n) is 2.00. The highest BCUT2D eigenvalue weighted by Crippen LogP contribution is 2.37. The molecule has 3 N–H and O–H groups in total. The molecule has 0 amide bonds. The topological polar surface area (TPSA) is 59.6 Å². The van der Waals surface area contributed by atoms with Gasteiger partial charge in [-0.2, -0.15) is 0 Å². The molecule has 0 aliphatic heterocycles. The molecule has 1 rings (SSSR count). The summed E-state index contributed by atoms with van der Waals surface area (Å²) in [7, 11) is 1.68. The molecule has 0 aromatic rings. The van der Waals surface area contributed by atoms with E-state index < -0.39 is 0 Å². The first-order valence-corrected chi connectivity index (χ1v) is 5.69. The number of methoxy groups -OCH3 is 1. The second-order valence-corrected chi connectivity index (χ2v) is 4.64. The van der Waals surface area contributed by atoms with E-state index in [1.807, 2.05) is 0 Å². The smallest absolute Gasteiger partial charge is 0.188 e. The first-order chi connectivity index (χ1) is 7.16. The summed E-state index contributed by atoms with van der Waals surface area (Å²) >= 11 is 0. The molecule has 5 heteroatoms. The highest BCUT2D eigenvalue weighted by molar-refractivity contribution is 14.0. The van der Waals surface area contributed by atoms with Crippen LogP contribution in [-0.2, 0) is 4.74 Å². The summed E-state index contributed by atoms with van der Waals surface area (Å²) in [5, 5.41) is 3.03. The van der Waals surface area contributed by atoms with Gasteiger partial charge >= 0.3 is 0 Å². The molecule has 1 aliphatic carbocycles. The van der Waals surface area contributed by atoms with Gasteiger partial charge in [0.15, 0.2) is 5.96 Å². The Hall–Kier alpha value is -0.0400. The molecule has 1 aliphatic rings. The minimum atomic E-state index is 0. The summed E-state index contributed by atoms with van der Waals surface area (Å²) in [4.78, 5) is 4.38. The predicted octanol–water partition coefficient (Wildman–Crippen LogP) is 1.74. The average Bonchev–Trinajstić information content (AvgIpc) is 2.64. The molecule has 0 spiro atoms. The van der Waals surface area contributed by atoms with E-state index >= 15 is 0 Å². The highest BCUT2D eigenvalue weighted by atomic mass is 127. The molecular formula is C11H24IN3O. The van der Waals surface area contributed by atoms with Gasteiger partial charge in [0.2, 0.25) is 0 Å². The molecule has 1 fully saturated rings. The Labute approximate surface area is 115 Å². The minimum absolute atomic E-state index is 0. The van der Waals surface area contributed by atoms with Crippen LogP contribution in [0.5, 0.6) is 0 Å². The summed E-state index contributed by atoms with van der Waals surface area (Å²) in [6.07, 6.45) is 5.23. The van der Waals surface area contributed by atoms with Crippen molar-refractivity contribution >= 4 is 29.9 Å². The lowest BCUT2D eigenvalue weighted by Crippen LogP contribution is -2.35. The zero-order chi connectivity index (χ0) is 11.1. The van der Waals surface area contributed by atoms with Crippen molar-refractivity contribution < 1.29 is 4.74 Å². The van der Waals surface area contributed by atoms with E-state index in [9.17, 15) is 0 Å². The van der Waals surface area contributed by atoms with E-state index in [2.05, 4.69) is 17.2 Å². The van der Waals surface area contributed by atoms with Crippen LogP contribution >= 0.6 is 24.0 Å². The van der Waals surface area contributed by atoms with Gasteiger partial charge < -0.3 is 15.8 Å². The van der Waals surface area contributed by atoms with Crippen molar-refractivity contribution in [2.75, 3.05) is 26.8 Å². The van der Waals surface area contributed by atoms with E-state index in [-0.39, 0.29) is 24.0 Å². The third kappa shape index (κ3) is 5.89. The van der Waals surface area contributed by atoms with Crippen molar-refractivity contribution in [2.45, 2.75) is 32.6 Å². The van der Waals surface area contributed by atoms with Gasteiger partial charge in [-0.15, -0.1) is 24.0 Å². The van der Waals surface area contributed by atoms with Gasteiger partial charge in [-0.1, -0.05) is 19.8 Å². The first-order valence-electron chi connectivity index (χ1n) is 5.69. The van der Waals surface area contributed by atoms with E-state index in [0.717, 1.165) is 13.1 Å². The van der Waals surface area contributed by atoms with Gasteiger partial charge in [0, 0.05) is 20.2 Å². The first kappa shape index (κ1) is 16.0. The van der Waals surface area contributed by atoms with Crippen molar-refractivity contribution in [1.29, 1.82) is 0 Å². The van der Waals surface area contributed by atoms with Crippen LogP contribution in [0.2, 0.25) is 0 Å². The molecule has 1 saturated carbocycles. The maximum absolute atomic E-state index is 5.73. The molecule has 0 unspecified atom stereocenters. The molecule has 0 aromatic heterocycles. The quantitative estimate of drug-likeness (QED) is 0.347. The van der Waals surface area contributed by atoms with Gasteiger partial charge in [0.05, 0.1) is 6.61 Å². The molecule has 0 aromatic carbocycles. The van der Waals surface area contributed by atoms with Gasteiger partial charge in [-0.25, -0.2) is 0 Å². The Morgan fingerprint density at radius 1 is 1.44 bits per heavy atom. The molecular weight excluding hydrogens is 317 g/mol. The van der Waals surface area contributed by atoms with Gasteiger partial charge in [-0.05, 0) is 18.3 Å². The molecule has 4 nitrogen and oxygen atoms in total. The van der Waals surface area contributed by atoms with Crippen LogP contribution in [-0.4, -0.2) is 32.8 Å². The van der Waals surface area contributed by atoms with E-state index in [4.69, 9.17) is 10.5 Å². The third-order valence-corrected chi connectivity index (χ3v) is 3.05. The van der Waals surface area contributed by atoms with E-state index in [0.29, 0.717) is 18.0 Å². The van der Waals surface area contributed by atoms with Crippen molar-refractivity contribution in [2.24, 2.45) is 16.1 Å². The van der Waals surface area contributed by atoms with Crippen molar-refractivity contribution in [3.8, 4) is 0 Å². The second kappa shape index (κ2) is 8.11. The molecule has 0 heterocycles. The lowest BCUT2D eigenvalue weighted by atomic mass is 9.89. The van der Waals surface area contributed by atoms with Crippen LogP contribution in [0.4, 0.5) is 0 Å². The number of halogens is 1. The number of guanidine groups is 1. The van der Waals surface area contributed by atoms with Crippen LogP contribution < -0.4 is 11.1 Å². The van der Waals surface area contributed by atoms with Crippen molar-refractivity contribution in [3.05, 3.63) is 0 Å². The number of hydrogen-bond acceptors (Lipinski definition) is 2. The Bertz CT molecular complexity index is 215. The zero-order valence-electron chi connectivity index (χ0n) is 10.3. The summed E-state index contributed by atoms with van der Waals surface area (Å²) in [6, 6.07) is 0. The zero-order valence-corrected chi connectivity index (χ0v) is 12.6. The molecule has 0 bridgehead atoms. The maximum atomic E-state index is 5.73. The van der Waals surface area contributed by atoms with Crippen LogP contribution in [0.3, 0.4) is 0 Å². The molecule has 0 saturated heterocycles. The number of nitrogens with two attached hydrogens (primary N) is 1. The number of nitrogens with one attached hydrogen (secondary N) is 1. The lowest BCUT2D eigenvalue weighted by Gasteiger charge is -2.20. The van der Waals surface area contributed by atoms with E-state index in [1.165, 1.54) is 25.7 Å². The van der Waals surface area contributed by atoms with Crippen LogP contribution in [0.15, 0.2) is 4.99 Å². The van der Waals surface area contributed by atoms with Crippen LogP contribution in [0.1, 0.15) is 32.6 Å². The average molecular weight is 341 g/mol. The predicted molar refractivity (Wildman–Crippen MR) is 78.4 cm³/mol. The van der Waals surface area contributed by atoms with Crippen molar-refractivity contribution in [1.82, 2.24) is 5.32 Å². The standard InChI is InChI=1S/C11H23N3O.HI/c1-11(5-3-4-6-11)9-14-10(12)13-7-8-15-2;/h3-9H2,1-2H3,(H3,12,13,14);1H. The van der Waals surface area contributed by atoms with Crippen LogP contribution in [0, 0.1) is 5.41 Å². The van der Waals surface area contributed by atoms with Gasteiger partial charge in [-0.3, -0.25) is 4.99 Å². The lowest BCUT2D eigenvalue weighted by molar-refractivity contribution is 0.204. The molecule has 0 atom stereocenters. The summed E-state index contributed by atoms with van der Waals surface area (Å²) in [5.41, 5.74) is 6.12. The molecule has 0 radical (unpaired) electrons. The minimum Gasteiger partial charge on any atom is -0.383 e. The Balaban J connectivity index is 0.00000225. The SMILES string of the molecule is COCCNC(N)=NCC1(C)CCCC1.I. The third-order valence-electron chi connectivity index (χ3n) is 3.05. The number of hydrogen-bond donors (Lipinski definition) is 2. The van der Waals surface area contributed by atoms with E-state index in [1.54, 1.807) is 7.11 Å². The Morgan fingerprint density at radius 2 is 2.06 bits per heavy atom. The monoisotopic (exact) mass is 341 g/mol. The number of ether oxygens (including phenoxy) is 1. The summed E-state index contributed by atoms with van der Waals surface area (Å²) < 4.78 is 4.92. The van der Waals surface area contributed by atoms with Crippen LogP contribution in [0.25, 0.3) is 0 Å². The summed E-state index contributed by atoms with van der Waals surface area (Å²) in [5.74, 6) is 0.542. The fourth-order valence-corrected chi connectivity index (χ4v) is 2.00. The largest absolute Gasteiger partial charge is 0.383 e. The normalized spacial score (nSPS) is 19.2. The number of aliphatic imine (C=N–C) groups is 1. The maximum Gasteiger partial charge on any atom is 0.188 e. The number of nitrogens with zero attached hydrogens (tertiary/aromatic N) is 1. The Morgan fingerprint density at radius 3 is 2.62 bits per heavy atom. The molecule has 96 valence electrons. The van der Waals surface area contributed by atoms with Gasteiger partial charge in [0.25, 0.3) is 0 Å². The van der Waals surface area contributed by atoms with Gasteiger partial charge in [0.1, 0.15) is 0 Å². The Kier molecular flexibility index (Phi) is 8.09. The highest BCUT2D eigenvalue weighted by Gasteiger charge is 2.28. The van der Waals surface area contributed by atoms with Crippen molar-refractivity contribution in [3.63, 3.8) is 0 Å². The fraction of sp³-hybridized carbons (Fsp3) is 0.909. The second-order valence-electron chi connectivity index (χ2n) is 4.64. The number of rotatable bonds is 5.